The summed E-state index contributed by atoms with van der Waals surface area (Å²) in [6.07, 6.45) is 3.79. The van der Waals surface area contributed by atoms with Crippen LogP contribution < -0.4 is 20.7 Å². The van der Waals surface area contributed by atoms with Gasteiger partial charge < -0.3 is 28.8 Å². The molecule has 13 heteroatoms. The maximum absolute atomic E-state index is 13.0. The van der Waals surface area contributed by atoms with Gasteiger partial charge in [-0.2, -0.15) is 0 Å². The van der Waals surface area contributed by atoms with Crippen molar-refractivity contribution in [2.24, 2.45) is 5.92 Å². The van der Waals surface area contributed by atoms with Gasteiger partial charge >= 0.3 is 7.60 Å². The zero-order valence-corrected chi connectivity index (χ0v) is 24.6. The third-order valence-corrected chi connectivity index (χ3v) is 8.26. The van der Waals surface area contributed by atoms with E-state index < -0.39 is 25.5 Å². The van der Waals surface area contributed by atoms with E-state index >= 15 is 0 Å². The first-order chi connectivity index (χ1) is 19.2. The average molecular weight is 582 g/mol. The van der Waals surface area contributed by atoms with Crippen LogP contribution in [0.15, 0.2) is 34.7 Å². The van der Waals surface area contributed by atoms with Crippen LogP contribution in [0, 0.1) is 5.92 Å². The van der Waals surface area contributed by atoms with Crippen molar-refractivity contribution in [1.29, 1.82) is 0 Å². The topological polar surface area (TPSA) is 157 Å². The Morgan fingerprint density at radius 3 is 2.42 bits per heavy atom. The number of hydrogen-bond acceptors (Lipinski definition) is 9. The average Bonchev–Trinajstić information content (AvgIpc) is 3.47. The Balaban J connectivity index is 2.13. The highest BCUT2D eigenvalue weighted by Gasteiger charge is 2.31. The maximum atomic E-state index is 13.0. The summed E-state index contributed by atoms with van der Waals surface area (Å²) >= 11 is 0. The van der Waals surface area contributed by atoms with Crippen LogP contribution >= 0.6 is 7.60 Å². The molecule has 0 unspecified atom stereocenters. The quantitative estimate of drug-likeness (QED) is 0.0589. The second kappa shape index (κ2) is 16.2. The van der Waals surface area contributed by atoms with Crippen LogP contribution in [0.2, 0.25) is 0 Å². The fourth-order valence-electron chi connectivity index (χ4n) is 4.31. The number of ether oxygens (including phenoxy) is 1. The lowest BCUT2D eigenvalue weighted by Crippen LogP contribution is -2.47. The van der Waals surface area contributed by atoms with Gasteiger partial charge in [0.1, 0.15) is 11.5 Å². The number of carbonyl (C=O) groups is 3. The van der Waals surface area contributed by atoms with Gasteiger partial charge in [0.15, 0.2) is 5.76 Å². The van der Waals surface area contributed by atoms with Crippen LogP contribution in [-0.4, -0.2) is 62.0 Å². The lowest BCUT2D eigenvalue weighted by Gasteiger charge is -2.29. The van der Waals surface area contributed by atoms with Gasteiger partial charge in [-0.1, -0.05) is 33.1 Å². The standard InChI is InChI=1S/C27H40N3O9P/c1-6-9-10-11-22(23(7-2)30(34)18-31)26(32)28-17-29-27(33)25-13-12-24(39-25)19-14-20(38-8-3)16-21(15-19)40(35,36-4)37-5/h12-16,18,22-23,34H,6-11,17H2,1-5H3,(H,28,32)(H,29,33)/t22-,23-/m1/s1. The Bertz CT molecular complexity index is 1160. The van der Waals surface area contributed by atoms with Crippen LogP contribution in [0.5, 0.6) is 5.75 Å². The molecule has 0 spiro atoms. The summed E-state index contributed by atoms with van der Waals surface area (Å²) < 4.78 is 34.5. The predicted octanol–water partition coefficient (Wildman–Crippen LogP) is 4.08. The first-order valence-corrected chi connectivity index (χ1v) is 14.8. The van der Waals surface area contributed by atoms with E-state index in [0.717, 1.165) is 19.3 Å². The molecule has 0 saturated heterocycles. The van der Waals surface area contributed by atoms with Gasteiger partial charge in [-0.05, 0) is 50.1 Å². The summed E-state index contributed by atoms with van der Waals surface area (Å²) in [6.45, 7) is 5.82. The van der Waals surface area contributed by atoms with E-state index in [4.69, 9.17) is 18.2 Å². The molecule has 1 aromatic heterocycles. The molecular weight excluding hydrogens is 541 g/mol. The molecule has 12 nitrogen and oxygen atoms in total. The van der Waals surface area contributed by atoms with Crippen molar-refractivity contribution in [1.82, 2.24) is 15.7 Å². The van der Waals surface area contributed by atoms with E-state index in [1.54, 1.807) is 31.2 Å². The highest BCUT2D eigenvalue weighted by molar-refractivity contribution is 7.62. The van der Waals surface area contributed by atoms with E-state index in [0.29, 0.717) is 48.0 Å². The van der Waals surface area contributed by atoms with Crippen molar-refractivity contribution < 1.29 is 42.4 Å². The molecule has 0 aliphatic heterocycles. The Kier molecular flexibility index (Phi) is 13.4. The van der Waals surface area contributed by atoms with Gasteiger partial charge in [0.05, 0.1) is 30.5 Å². The second-order valence-electron chi connectivity index (χ2n) is 8.96. The Hall–Kier alpha value is -3.18. The molecule has 2 aromatic rings. The first kappa shape index (κ1) is 33.0. The van der Waals surface area contributed by atoms with Gasteiger partial charge in [0, 0.05) is 19.8 Å². The minimum atomic E-state index is -3.58. The number of amides is 3. The van der Waals surface area contributed by atoms with Crippen LogP contribution in [0.1, 0.15) is 63.4 Å². The summed E-state index contributed by atoms with van der Waals surface area (Å²) in [4.78, 5) is 36.8. The van der Waals surface area contributed by atoms with E-state index in [2.05, 4.69) is 10.6 Å². The maximum Gasteiger partial charge on any atom is 0.360 e. The van der Waals surface area contributed by atoms with Crippen molar-refractivity contribution in [2.45, 2.75) is 58.9 Å². The van der Waals surface area contributed by atoms with E-state index in [1.807, 2.05) is 13.8 Å². The number of nitrogens with zero attached hydrogens (tertiary/aromatic N) is 1. The molecule has 0 aliphatic rings. The van der Waals surface area contributed by atoms with Crippen molar-refractivity contribution >= 4 is 31.1 Å². The molecule has 2 atom stereocenters. The van der Waals surface area contributed by atoms with Gasteiger partial charge in [-0.3, -0.25) is 24.2 Å². The van der Waals surface area contributed by atoms with Crippen molar-refractivity contribution in [3.05, 3.63) is 36.1 Å². The Morgan fingerprint density at radius 2 is 1.82 bits per heavy atom. The Morgan fingerprint density at radius 1 is 1.10 bits per heavy atom. The molecule has 1 aromatic carbocycles. The minimum absolute atomic E-state index is 0.0114. The van der Waals surface area contributed by atoms with Crippen molar-refractivity contribution in [3.8, 4) is 17.1 Å². The fourth-order valence-corrected chi connectivity index (χ4v) is 5.46. The number of furan rings is 1. The molecule has 3 N–H and O–H groups in total. The van der Waals surface area contributed by atoms with Crippen LogP contribution in [0.4, 0.5) is 0 Å². The highest BCUT2D eigenvalue weighted by atomic mass is 31.2. The largest absolute Gasteiger partial charge is 0.494 e. The molecule has 2 rings (SSSR count). The normalized spacial score (nSPS) is 12.8. The van der Waals surface area contributed by atoms with E-state index in [9.17, 15) is 24.2 Å². The molecule has 222 valence electrons. The fraction of sp³-hybridized carbons (Fsp3) is 0.519. The predicted molar refractivity (Wildman–Crippen MR) is 148 cm³/mol. The van der Waals surface area contributed by atoms with Crippen LogP contribution in [0.25, 0.3) is 11.3 Å². The smallest absolute Gasteiger partial charge is 0.360 e. The first-order valence-electron chi connectivity index (χ1n) is 13.3. The van der Waals surface area contributed by atoms with Gasteiger partial charge in [0.25, 0.3) is 5.91 Å². The van der Waals surface area contributed by atoms with E-state index in [-0.39, 0.29) is 23.6 Å². The lowest BCUT2D eigenvalue weighted by atomic mass is 9.90. The van der Waals surface area contributed by atoms with Crippen LogP contribution in [-0.2, 0) is 23.2 Å². The lowest BCUT2D eigenvalue weighted by molar-refractivity contribution is -0.168. The zero-order valence-electron chi connectivity index (χ0n) is 23.7. The summed E-state index contributed by atoms with van der Waals surface area (Å²) in [5.74, 6) is -0.869. The number of unbranched alkanes of at least 4 members (excludes halogenated alkanes) is 2. The molecule has 0 saturated carbocycles. The minimum Gasteiger partial charge on any atom is -0.494 e. The third-order valence-electron chi connectivity index (χ3n) is 6.41. The summed E-state index contributed by atoms with van der Waals surface area (Å²) in [6, 6.07) is 7.18. The zero-order chi connectivity index (χ0) is 29.7. The molecular formula is C27H40N3O9P. The van der Waals surface area contributed by atoms with Crippen molar-refractivity contribution in [2.75, 3.05) is 27.5 Å². The molecule has 40 heavy (non-hydrogen) atoms. The number of nitrogens with one attached hydrogen (secondary N) is 2. The Labute approximate surface area is 234 Å². The van der Waals surface area contributed by atoms with Crippen molar-refractivity contribution in [3.63, 3.8) is 0 Å². The summed E-state index contributed by atoms with van der Waals surface area (Å²) in [5, 5.41) is 16.0. The molecule has 1 heterocycles. The molecule has 3 amide bonds. The molecule has 0 aliphatic carbocycles. The third kappa shape index (κ3) is 8.66. The summed E-state index contributed by atoms with van der Waals surface area (Å²) in [5.41, 5.74) is 0.492. The molecule has 0 radical (unpaired) electrons. The SMILES string of the molecule is CCCCC[C@@H](C(=O)NCNC(=O)c1ccc(-c2cc(OCC)cc(P(=O)(OC)OC)c2)o1)[C@@H](CC)N(O)C=O. The van der Waals surface area contributed by atoms with Crippen LogP contribution in [0.3, 0.4) is 0 Å². The number of hydroxylamine groups is 2. The molecule has 0 fully saturated rings. The highest BCUT2D eigenvalue weighted by Crippen LogP contribution is 2.46. The number of rotatable bonds is 18. The number of carbonyl (C=O) groups excluding carboxylic acids is 3. The van der Waals surface area contributed by atoms with Gasteiger partial charge in [0.2, 0.25) is 12.3 Å². The summed E-state index contributed by atoms with van der Waals surface area (Å²) in [7, 11) is -1.02. The number of benzene rings is 1. The monoisotopic (exact) mass is 581 g/mol. The second-order valence-corrected chi connectivity index (χ2v) is 11.2. The van der Waals surface area contributed by atoms with Gasteiger partial charge in [-0.25, -0.2) is 5.06 Å². The van der Waals surface area contributed by atoms with E-state index in [1.165, 1.54) is 20.3 Å². The number of hydrogen-bond donors (Lipinski definition) is 3. The van der Waals surface area contributed by atoms with Gasteiger partial charge in [-0.15, -0.1) is 0 Å². The molecule has 0 bridgehead atoms.